The van der Waals surface area contributed by atoms with Crippen molar-refractivity contribution in [2.24, 2.45) is 0 Å². The zero-order chi connectivity index (χ0) is 26.8. The molecule has 0 spiro atoms. The minimum Gasteiger partial charge on any atom is -0.352 e. The van der Waals surface area contributed by atoms with Gasteiger partial charge < -0.3 is 10.2 Å². The minimum absolute atomic E-state index is 0.0211. The first kappa shape index (κ1) is 28.8. The highest BCUT2D eigenvalue weighted by molar-refractivity contribution is 7.99. The molecule has 0 aliphatic rings. The lowest BCUT2D eigenvalue weighted by molar-refractivity contribution is -0.139. The van der Waals surface area contributed by atoms with Gasteiger partial charge in [0.1, 0.15) is 6.04 Å². The van der Waals surface area contributed by atoms with E-state index in [1.54, 1.807) is 16.7 Å². The molecule has 0 radical (unpaired) electrons. The Bertz CT molecular complexity index is 1160. The molecule has 3 rings (SSSR count). The minimum atomic E-state index is -0.635. The number of hydrogen-bond acceptors (Lipinski definition) is 3. The van der Waals surface area contributed by atoms with Crippen LogP contribution in [0.1, 0.15) is 48.1 Å². The number of halogens is 1. The van der Waals surface area contributed by atoms with Crippen LogP contribution in [0.3, 0.4) is 0 Å². The molecular formula is C31H37ClN2O2S. The third-order valence-corrected chi connectivity index (χ3v) is 7.51. The summed E-state index contributed by atoms with van der Waals surface area (Å²) in [5.41, 5.74) is 5.54. The first-order valence-corrected chi connectivity index (χ1v) is 14.3. The Balaban J connectivity index is 1.86. The van der Waals surface area contributed by atoms with Crippen LogP contribution in [0.5, 0.6) is 0 Å². The van der Waals surface area contributed by atoms with Crippen LogP contribution in [-0.4, -0.2) is 34.6 Å². The van der Waals surface area contributed by atoms with E-state index in [1.165, 1.54) is 16.7 Å². The van der Waals surface area contributed by atoms with Crippen LogP contribution < -0.4 is 5.32 Å². The molecule has 0 unspecified atom stereocenters. The molecule has 0 saturated heterocycles. The van der Waals surface area contributed by atoms with Crippen molar-refractivity contribution in [1.29, 1.82) is 0 Å². The number of benzene rings is 3. The third kappa shape index (κ3) is 9.24. The fourth-order valence-corrected chi connectivity index (χ4v) is 5.38. The van der Waals surface area contributed by atoms with Gasteiger partial charge in [-0.15, -0.1) is 11.8 Å². The molecule has 0 fully saturated rings. The monoisotopic (exact) mass is 536 g/mol. The van der Waals surface area contributed by atoms with Crippen LogP contribution in [0, 0.1) is 13.8 Å². The van der Waals surface area contributed by atoms with E-state index in [1.807, 2.05) is 68.4 Å². The van der Waals surface area contributed by atoms with Gasteiger partial charge in [0.15, 0.2) is 0 Å². The molecule has 2 atom stereocenters. The lowest BCUT2D eigenvalue weighted by Crippen LogP contribution is -2.52. The quantitative estimate of drug-likeness (QED) is 0.279. The van der Waals surface area contributed by atoms with Gasteiger partial charge in [0.25, 0.3) is 0 Å². The van der Waals surface area contributed by atoms with Gasteiger partial charge in [-0.05, 0) is 56.0 Å². The Morgan fingerprint density at radius 2 is 1.59 bits per heavy atom. The van der Waals surface area contributed by atoms with Crippen LogP contribution >= 0.6 is 23.4 Å². The summed E-state index contributed by atoms with van der Waals surface area (Å²) in [6.45, 7) is 8.51. The number of hydrogen-bond donors (Lipinski definition) is 1. The molecule has 0 bridgehead atoms. The van der Waals surface area contributed by atoms with E-state index in [-0.39, 0.29) is 23.6 Å². The average molecular weight is 537 g/mol. The lowest BCUT2D eigenvalue weighted by atomic mass is 10.0. The van der Waals surface area contributed by atoms with Crippen molar-refractivity contribution in [3.05, 3.63) is 106 Å². The first-order chi connectivity index (χ1) is 17.7. The van der Waals surface area contributed by atoms with Crippen molar-refractivity contribution < 1.29 is 9.59 Å². The number of nitrogens with one attached hydrogen (secondary N) is 1. The van der Waals surface area contributed by atoms with Crippen molar-refractivity contribution in [3.8, 4) is 0 Å². The van der Waals surface area contributed by atoms with Gasteiger partial charge in [-0.2, -0.15) is 0 Å². The second-order valence-electron chi connectivity index (χ2n) is 9.66. The van der Waals surface area contributed by atoms with Crippen LogP contribution in [0.4, 0.5) is 0 Å². The molecule has 0 aliphatic carbocycles. The summed E-state index contributed by atoms with van der Waals surface area (Å²) in [5, 5.41) is 3.72. The molecule has 0 aromatic heterocycles. The largest absolute Gasteiger partial charge is 0.352 e. The second kappa shape index (κ2) is 14.3. The molecule has 1 N–H and O–H groups in total. The summed E-state index contributed by atoms with van der Waals surface area (Å²) in [5.74, 6) is 0.833. The van der Waals surface area contributed by atoms with Gasteiger partial charge in [-0.25, -0.2) is 0 Å². The summed E-state index contributed by atoms with van der Waals surface area (Å²) in [6.07, 6.45) is 1.26. The smallest absolute Gasteiger partial charge is 0.243 e. The predicted molar refractivity (Wildman–Crippen MR) is 156 cm³/mol. The fraction of sp³-hybridized carbons (Fsp3) is 0.355. The van der Waals surface area contributed by atoms with Gasteiger partial charge in [-0.3, -0.25) is 9.59 Å². The first-order valence-electron chi connectivity index (χ1n) is 12.8. The van der Waals surface area contributed by atoms with Crippen LogP contribution in [0.15, 0.2) is 72.8 Å². The summed E-state index contributed by atoms with van der Waals surface area (Å²) < 4.78 is 0. The molecule has 37 heavy (non-hydrogen) atoms. The predicted octanol–water partition coefficient (Wildman–Crippen LogP) is 6.74. The molecular weight excluding hydrogens is 500 g/mol. The van der Waals surface area contributed by atoms with Crippen molar-refractivity contribution in [2.75, 3.05) is 5.75 Å². The van der Waals surface area contributed by atoms with Crippen LogP contribution in [-0.2, 0) is 28.3 Å². The molecule has 4 nitrogen and oxygen atoms in total. The molecule has 0 saturated carbocycles. The summed E-state index contributed by atoms with van der Waals surface area (Å²) in [6, 6.07) is 23.2. The highest BCUT2D eigenvalue weighted by atomic mass is 35.5. The van der Waals surface area contributed by atoms with Gasteiger partial charge in [-0.1, -0.05) is 90.3 Å². The summed E-state index contributed by atoms with van der Waals surface area (Å²) in [4.78, 5) is 29.0. The van der Waals surface area contributed by atoms with Crippen molar-refractivity contribution in [1.82, 2.24) is 10.2 Å². The Kier molecular flexibility index (Phi) is 11.1. The van der Waals surface area contributed by atoms with E-state index in [9.17, 15) is 9.59 Å². The number of thioether (sulfide) groups is 1. The van der Waals surface area contributed by atoms with E-state index < -0.39 is 6.04 Å². The molecule has 0 heterocycles. The zero-order valence-electron chi connectivity index (χ0n) is 22.2. The van der Waals surface area contributed by atoms with E-state index in [2.05, 4.69) is 37.4 Å². The summed E-state index contributed by atoms with van der Waals surface area (Å²) >= 11 is 7.84. The molecule has 3 aromatic carbocycles. The normalized spacial score (nSPS) is 12.6. The molecule has 2 amide bonds. The Labute approximate surface area is 230 Å². The highest BCUT2D eigenvalue weighted by Gasteiger charge is 2.30. The number of rotatable bonds is 12. The molecule has 3 aromatic rings. The van der Waals surface area contributed by atoms with Gasteiger partial charge >= 0.3 is 0 Å². The lowest BCUT2D eigenvalue weighted by Gasteiger charge is -2.32. The number of aryl methyl sites for hydroxylation is 2. The SMILES string of the molecule is CC[C@H](C)NC(=O)[C@@H](Cc1ccccc1)N(Cc1cccc(Cl)c1)C(=O)CSCc1cc(C)cc(C)c1. The maximum absolute atomic E-state index is 13.7. The third-order valence-electron chi connectivity index (χ3n) is 6.29. The Hall–Kier alpha value is -2.76. The van der Waals surface area contributed by atoms with Crippen LogP contribution in [0.2, 0.25) is 5.02 Å². The Morgan fingerprint density at radius 1 is 0.919 bits per heavy atom. The highest BCUT2D eigenvalue weighted by Crippen LogP contribution is 2.21. The van der Waals surface area contributed by atoms with E-state index in [4.69, 9.17) is 11.6 Å². The molecule has 196 valence electrons. The maximum Gasteiger partial charge on any atom is 0.243 e. The Morgan fingerprint density at radius 3 is 2.24 bits per heavy atom. The number of nitrogens with zero attached hydrogens (tertiary/aromatic N) is 1. The van der Waals surface area contributed by atoms with Crippen molar-refractivity contribution >= 4 is 35.2 Å². The van der Waals surface area contributed by atoms with Gasteiger partial charge in [0.05, 0.1) is 5.75 Å². The fourth-order valence-electron chi connectivity index (χ4n) is 4.32. The topological polar surface area (TPSA) is 49.4 Å². The second-order valence-corrected chi connectivity index (χ2v) is 11.1. The number of carbonyl (C=O) groups is 2. The summed E-state index contributed by atoms with van der Waals surface area (Å²) in [7, 11) is 0. The molecule has 6 heteroatoms. The van der Waals surface area contributed by atoms with Gasteiger partial charge in [0, 0.05) is 29.8 Å². The zero-order valence-corrected chi connectivity index (χ0v) is 23.7. The molecule has 0 aliphatic heterocycles. The van der Waals surface area contributed by atoms with E-state index in [0.29, 0.717) is 18.0 Å². The number of amides is 2. The van der Waals surface area contributed by atoms with Gasteiger partial charge in [0.2, 0.25) is 11.8 Å². The van der Waals surface area contributed by atoms with Crippen LogP contribution in [0.25, 0.3) is 0 Å². The van der Waals surface area contributed by atoms with E-state index in [0.717, 1.165) is 23.3 Å². The van der Waals surface area contributed by atoms with Crippen molar-refractivity contribution in [2.45, 2.75) is 64.9 Å². The standard InChI is InChI=1S/C31H37ClN2O2S/c1-5-24(4)33-31(36)29(18-25-10-7-6-8-11-25)34(19-26-12-9-13-28(32)17-26)30(35)21-37-20-27-15-22(2)14-23(3)16-27/h6-17,24,29H,5,18-21H2,1-4H3,(H,33,36)/t24-,29+/m0/s1. The van der Waals surface area contributed by atoms with E-state index >= 15 is 0 Å². The maximum atomic E-state index is 13.7. The number of carbonyl (C=O) groups excluding carboxylic acids is 2. The van der Waals surface area contributed by atoms with Crippen molar-refractivity contribution in [3.63, 3.8) is 0 Å². The average Bonchev–Trinajstić information content (AvgIpc) is 2.86.